The molecule has 1 N–H and O–H groups in total. The van der Waals surface area contributed by atoms with Gasteiger partial charge in [0.1, 0.15) is 5.01 Å². The molecule has 3 aromatic rings. The van der Waals surface area contributed by atoms with Gasteiger partial charge in [0.15, 0.2) is 0 Å². The molecule has 0 aliphatic rings. The predicted molar refractivity (Wildman–Crippen MR) is 92.0 cm³/mol. The standard InChI is InChI=1S/C17H18N2S2/c1-2-18-16(13-6-4-3-5-7-13)10-15-12-21-17(19-15)14-8-9-20-11-14/h3-9,11-12,16,18H,2,10H2,1H3. The van der Waals surface area contributed by atoms with E-state index in [1.807, 2.05) is 0 Å². The summed E-state index contributed by atoms with van der Waals surface area (Å²) in [6, 6.07) is 13.1. The molecule has 108 valence electrons. The first-order valence-corrected chi connectivity index (χ1v) is 8.94. The summed E-state index contributed by atoms with van der Waals surface area (Å²) < 4.78 is 0. The number of rotatable bonds is 6. The average Bonchev–Trinajstić information content (AvgIpc) is 3.19. The first kappa shape index (κ1) is 14.4. The minimum atomic E-state index is 0.327. The van der Waals surface area contributed by atoms with Gasteiger partial charge in [-0.25, -0.2) is 4.98 Å². The van der Waals surface area contributed by atoms with Crippen LogP contribution in [0.4, 0.5) is 0 Å². The molecule has 3 rings (SSSR count). The Hall–Kier alpha value is -1.49. The van der Waals surface area contributed by atoms with E-state index >= 15 is 0 Å². The van der Waals surface area contributed by atoms with Crippen LogP contribution in [-0.4, -0.2) is 11.5 Å². The quantitative estimate of drug-likeness (QED) is 0.709. The molecule has 21 heavy (non-hydrogen) atoms. The summed E-state index contributed by atoms with van der Waals surface area (Å²) in [7, 11) is 0. The van der Waals surface area contributed by atoms with Gasteiger partial charge in [-0.05, 0) is 23.6 Å². The number of nitrogens with zero attached hydrogens (tertiary/aromatic N) is 1. The molecular weight excluding hydrogens is 296 g/mol. The summed E-state index contributed by atoms with van der Waals surface area (Å²) in [6.07, 6.45) is 0.929. The lowest BCUT2D eigenvalue weighted by atomic mass is 10.0. The highest BCUT2D eigenvalue weighted by Gasteiger charge is 2.13. The maximum Gasteiger partial charge on any atom is 0.124 e. The first-order valence-electron chi connectivity index (χ1n) is 7.12. The number of hydrogen-bond acceptors (Lipinski definition) is 4. The van der Waals surface area contributed by atoms with Crippen molar-refractivity contribution in [3.63, 3.8) is 0 Å². The molecule has 1 aromatic carbocycles. The molecule has 2 aromatic heterocycles. The van der Waals surface area contributed by atoms with Crippen molar-refractivity contribution < 1.29 is 0 Å². The van der Waals surface area contributed by atoms with Gasteiger partial charge in [-0.3, -0.25) is 0 Å². The Bertz CT molecular complexity index is 659. The number of thiazole rings is 1. The summed E-state index contributed by atoms with van der Waals surface area (Å²) in [5.41, 5.74) is 3.72. The average molecular weight is 314 g/mol. The molecule has 0 bridgehead atoms. The third kappa shape index (κ3) is 3.59. The molecule has 0 spiro atoms. The lowest BCUT2D eigenvalue weighted by Gasteiger charge is -2.17. The molecule has 4 heteroatoms. The number of thiophene rings is 1. The number of hydrogen-bond donors (Lipinski definition) is 1. The fourth-order valence-electron chi connectivity index (χ4n) is 2.37. The lowest BCUT2D eigenvalue weighted by Crippen LogP contribution is -2.23. The van der Waals surface area contributed by atoms with Crippen LogP contribution in [0.2, 0.25) is 0 Å². The van der Waals surface area contributed by atoms with E-state index in [-0.39, 0.29) is 0 Å². The zero-order valence-electron chi connectivity index (χ0n) is 12.0. The Morgan fingerprint density at radius 1 is 1.14 bits per heavy atom. The minimum Gasteiger partial charge on any atom is -0.310 e. The zero-order valence-corrected chi connectivity index (χ0v) is 13.6. The normalized spacial score (nSPS) is 12.4. The summed E-state index contributed by atoms with van der Waals surface area (Å²) in [4.78, 5) is 4.79. The second kappa shape index (κ2) is 6.98. The van der Waals surface area contributed by atoms with Crippen molar-refractivity contribution in [3.05, 3.63) is 63.8 Å². The van der Waals surface area contributed by atoms with E-state index in [4.69, 9.17) is 4.98 Å². The third-order valence-electron chi connectivity index (χ3n) is 3.39. The van der Waals surface area contributed by atoms with E-state index in [2.05, 4.69) is 64.8 Å². The highest BCUT2D eigenvalue weighted by molar-refractivity contribution is 7.14. The highest BCUT2D eigenvalue weighted by atomic mass is 32.1. The summed E-state index contributed by atoms with van der Waals surface area (Å²) >= 11 is 3.45. The molecule has 2 heterocycles. The van der Waals surface area contributed by atoms with Crippen molar-refractivity contribution in [2.24, 2.45) is 0 Å². The summed E-state index contributed by atoms with van der Waals surface area (Å²) in [5, 5.41) is 11.1. The molecule has 1 unspecified atom stereocenters. The Morgan fingerprint density at radius 2 is 2.00 bits per heavy atom. The molecule has 0 radical (unpaired) electrons. The van der Waals surface area contributed by atoms with Crippen molar-refractivity contribution in [2.75, 3.05) is 6.54 Å². The Kier molecular flexibility index (Phi) is 4.80. The van der Waals surface area contributed by atoms with Crippen LogP contribution in [0.1, 0.15) is 24.2 Å². The van der Waals surface area contributed by atoms with Gasteiger partial charge >= 0.3 is 0 Å². The molecule has 2 nitrogen and oxygen atoms in total. The minimum absolute atomic E-state index is 0.327. The number of benzene rings is 1. The van der Waals surface area contributed by atoms with Crippen LogP contribution in [-0.2, 0) is 6.42 Å². The van der Waals surface area contributed by atoms with Gasteiger partial charge < -0.3 is 5.32 Å². The largest absolute Gasteiger partial charge is 0.310 e. The molecule has 0 saturated heterocycles. The summed E-state index contributed by atoms with van der Waals surface area (Å²) in [5.74, 6) is 0. The Balaban J connectivity index is 1.77. The Labute approximate surface area is 133 Å². The van der Waals surface area contributed by atoms with Gasteiger partial charge in [-0.15, -0.1) is 11.3 Å². The maximum atomic E-state index is 4.79. The SMILES string of the molecule is CCNC(Cc1csc(-c2ccsc2)n1)c1ccccc1. The van der Waals surface area contributed by atoms with Gasteiger partial charge in [0, 0.05) is 28.8 Å². The van der Waals surface area contributed by atoms with Crippen molar-refractivity contribution in [2.45, 2.75) is 19.4 Å². The van der Waals surface area contributed by atoms with Crippen LogP contribution in [0.5, 0.6) is 0 Å². The van der Waals surface area contributed by atoms with E-state index in [0.29, 0.717) is 6.04 Å². The van der Waals surface area contributed by atoms with E-state index in [1.54, 1.807) is 22.7 Å². The van der Waals surface area contributed by atoms with E-state index in [0.717, 1.165) is 23.7 Å². The van der Waals surface area contributed by atoms with Crippen molar-refractivity contribution in [1.29, 1.82) is 0 Å². The van der Waals surface area contributed by atoms with Crippen LogP contribution in [0.25, 0.3) is 10.6 Å². The van der Waals surface area contributed by atoms with Crippen LogP contribution in [0.15, 0.2) is 52.5 Å². The van der Waals surface area contributed by atoms with Crippen molar-refractivity contribution in [1.82, 2.24) is 10.3 Å². The number of nitrogens with one attached hydrogen (secondary N) is 1. The Morgan fingerprint density at radius 3 is 2.71 bits per heavy atom. The maximum absolute atomic E-state index is 4.79. The number of aromatic nitrogens is 1. The van der Waals surface area contributed by atoms with Crippen LogP contribution < -0.4 is 5.32 Å². The van der Waals surface area contributed by atoms with Crippen LogP contribution in [0.3, 0.4) is 0 Å². The second-order valence-corrected chi connectivity index (χ2v) is 6.52. The van der Waals surface area contributed by atoms with Crippen molar-refractivity contribution in [3.8, 4) is 10.6 Å². The van der Waals surface area contributed by atoms with Gasteiger partial charge in [0.25, 0.3) is 0 Å². The molecule has 0 aliphatic heterocycles. The van der Waals surface area contributed by atoms with Crippen LogP contribution >= 0.6 is 22.7 Å². The topological polar surface area (TPSA) is 24.9 Å². The molecule has 0 amide bonds. The van der Waals surface area contributed by atoms with Gasteiger partial charge in [-0.1, -0.05) is 37.3 Å². The second-order valence-electron chi connectivity index (χ2n) is 4.88. The van der Waals surface area contributed by atoms with E-state index < -0.39 is 0 Å². The van der Waals surface area contributed by atoms with Gasteiger partial charge in [-0.2, -0.15) is 11.3 Å². The lowest BCUT2D eigenvalue weighted by molar-refractivity contribution is 0.545. The van der Waals surface area contributed by atoms with Crippen LogP contribution in [0, 0.1) is 0 Å². The molecule has 1 atom stereocenters. The van der Waals surface area contributed by atoms with Gasteiger partial charge in [0.05, 0.1) is 5.69 Å². The highest BCUT2D eigenvalue weighted by Crippen LogP contribution is 2.27. The van der Waals surface area contributed by atoms with E-state index in [1.165, 1.54) is 11.1 Å². The summed E-state index contributed by atoms with van der Waals surface area (Å²) in [6.45, 7) is 3.11. The fourth-order valence-corrected chi connectivity index (χ4v) is 3.91. The predicted octanol–water partition coefficient (Wildman–Crippen LogP) is 4.76. The molecule has 0 fully saturated rings. The van der Waals surface area contributed by atoms with E-state index in [9.17, 15) is 0 Å². The fraction of sp³-hybridized carbons (Fsp3) is 0.235. The van der Waals surface area contributed by atoms with Crippen molar-refractivity contribution >= 4 is 22.7 Å². The monoisotopic (exact) mass is 314 g/mol. The first-order chi connectivity index (χ1) is 10.4. The van der Waals surface area contributed by atoms with Gasteiger partial charge in [0.2, 0.25) is 0 Å². The molecule has 0 aliphatic carbocycles. The molecular formula is C17H18N2S2. The molecule has 0 saturated carbocycles. The number of likely N-dealkylation sites (N-methyl/N-ethyl adjacent to an activating group) is 1. The smallest absolute Gasteiger partial charge is 0.124 e. The third-order valence-corrected chi connectivity index (χ3v) is 5.01. The zero-order chi connectivity index (χ0) is 14.5.